The van der Waals surface area contributed by atoms with E-state index < -0.39 is 34.0 Å². The highest BCUT2D eigenvalue weighted by Crippen LogP contribution is 2.38. The number of fused-ring (bicyclic) bond motifs is 1. The molecule has 3 rings (SSSR count). The summed E-state index contributed by atoms with van der Waals surface area (Å²) in [4.78, 5) is 26.2. The number of hydrogen-bond acceptors (Lipinski definition) is 6. The fraction of sp³-hybridized carbons (Fsp3) is 0.636. The SMILES string of the molecule is CC(C)(C)OC(=O)NCCN1C(=O)CC[C@H]1[C@H](OS(C)(=O)=O)c1cccc2c1CCC2. The van der Waals surface area contributed by atoms with E-state index in [0.717, 1.165) is 36.6 Å². The summed E-state index contributed by atoms with van der Waals surface area (Å²) >= 11 is 0. The van der Waals surface area contributed by atoms with Crippen LogP contribution < -0.4 is 5.32 Å². The monoisotopic (exact) mass is 452 g/mol. The minimum atomic E-state index is -3.75. The summed E-state index contributed by atoms with van der Waals surface area (Å²) in [5.74, 6) is -0.0781. The zero-order valence-corrected chi connectivity index (χ0v) is 19.5. The number of ether oxygens (including phenoxy) is 1. The quantitative estimate of drug-likeness (QED) is 0.638. The molecule has 1 N–H and O–H groups in total. The molecule has 0 spiro atoms. The average molecular weight is 453 g/mol. The Morgan fingerprint density at radius 1 is 1.26 bits per heavy atom. The maximum Gasteiger partial charge on any atom is 0.407 e. The van der Waals surface area contributed by atoms with Gasteiger partial charge in [0.2, 0.25) is 5.91 Å². The van der Waals surface area contributed by atoms with Crippen LogP contribution in [0.5, 0.6) is 0 Å². The van der Waals surface area contributed by atoms with Gasteiger partial charge in [-0.15, -0.1) is 0 Å². The predicted octanol–water partition coefficient (Wildman–Crippen LogP) is 2.71. The number of hydrogen-bond donors (Lipinski definition) is 1. The second kappa shape index (κ2) is 9.16. The van der Waals surface area contributed by atoms with Crippen LogP contribution in [0, 0.1) is 0 Å². The molecule has 0 radical (unpaired) electrons. The summed E-state index contributed by atoms with van der Waals surface area (Å²) in [6.07, 6.45) is 3.37. The van der Waals surface area contributed by atoms with Crippen molar-refractivity contribution in [3.63, 3.8) is 0 Å². The molecule has 2 atom stereocenters. The molecule has 1 heterocycles. The summed E-state index contributed by atoms with van der Waals surface area (Å²) in [5, 5.41) is 2.66. The fourth-order valence-corrected chi connectivity index (χ4v) is 4.99. The molecule has 1 aliphatic carbocycles. The third-order valence-electron chi connectivity index (χ3n) is 5.51. The molecule has 172 valence electrons. The molecule has 1 fully saturated rings. The molecular formula is C22H32N2O6S. The zero-order valence-electron chi connectivity index (χ0n) is 18.6. The molecule has 2 amide bonds. The van der Waals surface area contributed by atoms with Gasteiger partial charge in [-0.1, -0.05) is 18.2 Å². The molecular weight excluding hydrogens is 420 g/mol. The minimum absolute atomic E-state index is 0.0781. The molecule has 31 heavy (non-hydrogen) atoms. The van der Waals surface area contributed by atoms with Gasteiger partial charge in [0.1, 0.15) is 11.7 Å². The topological polar surface area (TPSA) is 102 Å². The number of likely N-dealkylation sites (tertiary alicyclic amines) is 1. The van der Waals surface area contributed by atoms with Gasteiger partial charge in [-0.25, -0.2) is 4.79 Å². The number of alkyl carbamates (subject to hydrolysis) is 1. The van der Waals surface area contributed by atoms with Gasteiger partial charge in [-0.05, 0) is 63.1 Å². The van der Waals surface area contributed by atoms with Crippen molar-refractivity contribution in [2.24, 2.45) is 0 Å². The van der Waals surface area contributed by atoms with E-state index in [1.54, 1.807) is 25.7 Å². The van der Waals surface area contributed by atoms with Crippen molar-refractivity contribution >= 4 is 22.1 Å². The number of carbonyl (C=O) groups is 2. The number of carbonyl (C=O) groups excluding carboxylic acids is 2. The van der Waals surface area contributed by atoms with Crippen LogP contribution in [-0.2, 0) is 36.7 Å². The van der Waals surface area contributed by atoms with E-state index in [4.69, 9.17) is 8.92 Å². The van der Waals surface area contributed by atoms with Gasteiger partial charge in [0, 0.05) is 19.5 Å². The number of amides is 2. The summed E-state index contributed by atoms with van der Waals surface area (Å²) in [6, 6.07) is 5.46. The van der Waals surface area contributed by atoms with Crippen LogP contribution in [0.3, 0.4) is 0 Å². The van der Waals surface area contributed by atoms with Gasteiger partial charge in [0.25, 0.3) is 10.1 Å². The summed E-state index contributed by atoms with van der Waals surface area (Å²) in [5.41, 5.74) is 2.56. The van der Waals surface area contributed by atoms with Gasteiger partial charge in [-0.2, -0.15) is 8.42 Å². The normalized spacial score (nSPS) is 19.9. The Morgan fingerprint density at radius 3 is 2.68 bits per heavy atom. The Balaban J connectivity index is 1.79. The van der Waals surface area contributed by atoms with Crippen molar-refractivity contribution in [1.82, 2.24) is 10.2 Å². The van der Waals surface area contributed by atoms with Crippen LogP contribution in [0.4, 0.5) is 4.79 Å². The fourth-order valence-electron chi connectivity index (χ4n) is 4.38. The molecule has 0 saturated carbocycles. The first-order valence-corrected chi connectivity index (χ1v) is 12.5. The van der Waals surface area contributed by atoms with Gasteiger partial charge in [0.05, 0.1) is 12.3 Å². The highest BCUT2D eigenvalue weighted by molar-refractivity contribution is 7.86. The number of benzene rings is 1. The molecule has 1 aliphatic heterocycles. The van der Waals surface area contributed by atoms with E-state index >= 15 is 0 Å². The lowest BCUT2D eigenvalue weighted by Gasteiger charge is -2.32. The summed E-state index contributed by atoms with van der Waals surface area (Å²) < 4.78 is 35.0. The van der Waals surface area contributed by atoms with E-state index in [1.165, 1.54) is 5.56 Å². The van der Waals surface area contributed by atoms with Gasteiger partial charge in [-0.3, -0.25) is 8.98 Å². The number of nitrogens with one attached hydrogen (secondary N) is 1. The molecule has 2 aliphatic rings. The molecule has 0 bridgehead atoms. The highest BCUT2D eigenvalue weighted by Gasteiger charge is 2.40. The van der Waals surface area contributed by atoms with Crippen molar-refractivity contribution in [2.45, 2.75) is 70.6 Å². The van der Waals surface area contributed by atoms with Crippen LogP contribution in [-0.4, -0.2) is 56.3 Å². The maximum atomic E-state index is 12.6. The van der Waals surface area contributed by atoms with E-state index in [-0.39, 0.29) is 19.0 Å². The second-order valence-electron chi connectivity index (χ2n) is 9.18. The van der Waals surface area contributed by atoms with Gasteiger partial charge < -0.3 is 15.0 Å². The Labute approximate surface area is 184 Å². The first kappa shape index (κ1) is 23.5. The van der Waals surface area contributed by atoms with Gasteiger partial charge >= 0.3 is 6.09 Å². The van der Waals surface area contributed by atoms with Crippen LogP contribution in [0.15, 0.2) is 18.2 Å². The third-order valence-corrected chi connectivity index (χ3v) is 6.07. The number of aryl methyl sites for hydroxylation is 1. The molecule has 0 aromatic heterocycles. The van der Waals surface area contributed by atoms with Gasteiger partial charge in [0.15, 0.2) is 0 Å². The Kier molecular flexibility index (Phi) is 6.95. The lowest BCUT2D eigenvalue weighted by atomic mass is 9.93. The van der Waals surface area contributed by atoms with Crippen LogP contribution in [0.1, 0.15) is 62.8 Å². The van der Waals surface area contributed by atoms with Crippen LogP contribution >= 0.6 is 0 Å². The Hall–Kier alpha value is -2.13. The van der Waals surface area contributed by atoms with Crippen LogP contribution in [0.2, 0.25) is 0 Å². The van der Waals surface area contributed by atoms with E-state index in [9.17, 15) is 18.0 Å². The van der Waals surface area contributed by atoms with Crippen molar-refractivity contribution in [3.8, 4) is 0 Å². The molecule has 1 aromatic rings. The van der Waals surface area contributed by atoms with Crippen molar-refractivity contribution in [3.05, 3.63) is 34.9 Å². The number of rotatable bonds is 7. The lowest BCUT2D eigenvalue weighted by molar-refractivity contribution is -0.130. The Morgan fingerprint density at radius 2 is 2.00 bits per heavy atom. The van der Waals surface area contributed by atoms with Crippen LogP contribution in [0.25, 0.3) is 0 Å². The molecule has 1 aromatic carbocycles. The minimum Gasteiger partial charge on any atom is -0.444 e. The summed E-state index contributed by atoms with van der Waals surface area (Å²) in [7, 11) is -3.75. The smallest absolute Gasteiger partial charge is 0.407 e. The molecule has 1 saturated heterocycles. The van der Waals surface area contributed by atoms with E-state index in [0.29, 0.717) is 12.8 Å². The molecule has 8 nitrogen and oxygen atoms in total. The second-order valence-corrected chi connectivity index (χ2v) is 10.8. The maximum absolute atomic E-state index is 12.6. The standard InChI is InChI=1S/C22H32N2O6S/c1-22(2,3)29-21(26)23-13-14-24-18(11-12-19(24)25)20(30-31(4,27)28)17-10-6-8-15-7-5-9-16(15)17/h6,8,10,18,20H,5,7,9,11-14H2,1-4H3,(H,23,26)/t18-,20+/m0/s1. The first-order valence-electron chi connectivity index (χ1n) is 10.7. The first-order chi connectivity index (χ1) is 14.4. The molecule has 0 unspecified atom stereocenters. The Bertz CT molecular complexity index is 938. The van der Waals surface area contributed by atoms with E-state index in [2.05, 4.69) is 11.4 Å². The predicted molar refractivity (Wildman–Crippen MR) is 116 cm³/mol. The van der Waals surface area contributed by atoms with Crippen molar-refractivity contribution in [2.75, 3.05) is 19.3 Å². The largest absolute Gasteiger partial charge is 0.444 e. The average Bonchev–Trinajstić information content (AvgIpc) is 3.24. The highest BCUT2D eigenvalue weighted by atomic mass is 32.2. The zero-order chi connectivity index (χ0) is 22.8. The van der Waals surface area contributed by atoms with E-state index in [1.807, 2.05) is 12.1 Å². The van der Waals surface area contributed by atoms with Crippen molar-refractivity contribution < 1.29 is 26.9 Å². The number of nitrogens with zero attached hydrogens (tertiary/aromatic N) is 1. The third kappa shape index (κ3) is 6.20. The molecule has 9 heteroatoms. The summed E-state index contributed by atoms with van der Waals surface area (Å²) in [6.45, 7) is 5.78. The lowest BCUT2D eigenvalue weighted by Crippen LogP contribution is -2.44. The van der Waals surface area contributed by atoms with Crippen molar-refractivity contribution in [1.29, 1.82) is 0 Å².